The van der Waals surface area contributed by atoms with Crippen LogP contribution in [0.1, 0.15) is 51.6 Å². The first-order valence-electron chi connectivity index (χ1n) is 16.4. The van der Waals surface area contributed by atoms with Crippen LogP contribution in [0.25, 0.3) is 22.4 Å². The van der Waals surface area contributed by atoms with Crippen LogP contribution in [0.15, 0.2) is 27.9 Å². The van der Waals surface area contributed by atoms with Crippen molar-refractivity contribution in [3.05, 3.63) is 34.2 Å². The largest absolute Gasteiger partial charge is 0.493 e. The number of piperazine rings is 1. The molecule has 0 spiro atoms. The van der Waals surface area contributed by atoms with Gasteiger partial charge in [-0.05, 0) is 63.8 Å². The lowest BCUT2D eigenvalue weighted by Crippen LogP contribution is -2.45. The van der Waals surface area contributed by atoms with Crippen molar-refractivity contribution in [2.75, 3.05) is 66.1 Å². The number of hydrogen-bond acceptors (Lipinski definition) is 10. The van der Waals surface area contributed by atoms with Crippen molar-refractivity contribution in [1.82, 2.24) is 33.9 Å². The molecule has 0 amide bonds. The molecule has 2 aliphatic rings. The standard InChI is InChI=1S/C32H47N7O6S/c1-5-7-26-29-30(37(4)35-26)32(41)34-31(33-29)25-22-24(9-10-27(25)44-6-2)46(42,43)39-14-12-23(13-15-39)8-11-28(40)45-21-20-38-18-16-36(3)17-19-38/h9-10,22-23H,5-8,11-21H2,1-4H3,(H,33,34,41). The van der Waals surface area contributed by atoms with Gasteiger partial charge in [-0.2, -0.15) is 9.40 Å². The van der Waals surface area contributed by atoms with E-state index in [0.29, 0.717) is 80.8 Å². The summed E-state index contributed by atoms with van der Waals surface area (Å²) in [5.41, 5.74) is 1.63. The number of aromatic amines is 1. The van der Waals surface area contributed by atoms with Gasteiger partial charge >= 0.3 is 5.97 Å². The van der Waals surface area contributed by atoms with Crippen molar-refractivity contribution in [2.45, 2.75) is 57.3 Å². The van der Waals surface area contributed by atoms with Gasteiger partial charge in [0.1, 0.15) is 23.7 Å². The number of sulfonamides is 1. The van der Waals surface area contributed by atoms with E-state index >= 15 is 0 Å². The number of aryl methyl sites for hydroxylation is 2. The fourth-order valence-electron chi connectivity index (χ4n) is 6.26. The number of fused-ring (bicyclic) bond motifs is 1. The second-order valence-corrected chi connectivity index (χ2v) is 14.2. The molecule has 2 saturated heterocycles. The minimum atomic E-state index is -3.83. The molecule has 0 saturated carbocycles. The van der Waals surface area contributed by atoms with E-state index in [1.54, 1.807) is 13.1 Å². The van der Waals surface area contributed by atoms with Crippen LogP contribution in [-0.4, -0.2) is 114 Å². The fourth-order valence-corrected chi connectivity index (χ4v) is 7.75. The Morgan fingerprint density at radius 1 is 1.07 bits per heavy atom. The summed E-state index contributed by atoms with van der Waals surface area (Å²) < 4.78 is 41.9. The van der Waals surface area contributed by atoms with Crippen LogP contribution in [0.3, 0.4) is 0 Å². The molecule has 14 heteroatoms. The Hall–Kier alpha value is -3.33. The highest BCUT2D eigenvalue weighted by atomic mass is 32.2. The average molecular weight is 658 g/mol. The minimum Gasteiger partial charge on any atom is -0.493 e. The summed E-state index contributed by atoms with van der Waals surface area (Å²) in [4.78, 5) is 37.7. The number of likely N-dealkylation sites (N-methyl/N-ethyl adjacent to an activating group) is 1. The van der Waals surface area contributed by atoms with Crippen molar-refractivity contribution in [2.24, 2.45) is 13.0 Å². The van der Waals surface area contributed by atoms with Gasteiger partial charge in [0.25, 0.3) is 5.56 Å². The molecule has 2 aliphatic heterocycles. The number of esters is 1. The highest BCUT2D eigenvalue weighted by molar-refractivity contribution is 7.89. The van der Waals surface area contributed by atoms with Crippen LogP contribution in [-0.2, 0) is 33.0 Å². The molecule has 13 nitrogen and oxygen atoms in total. The fraction of sp³-hybridized carbons (Fsp3) is 0.625. The van der Waals surface area contributed by atoms with Crippen molar-refractivity contribution in [3.63, 3.8) is 0 Å². The number of nitrogens with one attached hydrogen (secondary N) is 1. The molecule has 4 heterocycles. The zero-order chi connectivity index (χ0) is 32.8. The number of ether oxygens (including phenoxy) is 2. The van der Waals surface area contributed by atoms with E-state index in [9.17, 15) is 18.0 Å². The molecule has 0 aliphatic carbocycles. The summed E-state index contributed by atoms with van der Waals surface area (Å²) in [5, 5.41) is 4.49. The van der Waals surface area contributed by atoms with Crippen molar-refractivity contribution < 1.29 is 22.7 Å². The number of hydrogen-bond donors (Lipinski definition) is 1. The van der Waals surface area contributed by atoms with Gasteiger partial charge in [-0.3, -0.25) is 19.2 Å². The number of carbonyl (C=O) groups is 1. The molecule has 0 unspecified atom stereocenters. The molecule has 2 aromatic heterocycles. The highest BCUT2D eigenvalue weighted by Crippen LogP contribution is 2.33. The normalized spacial score (nSPS) is 17.5. The predicted octanol–water partition coefficient (Wildman–Crippen LogP) is 2.65. The maximum absolute atomic E-state index is 13.8. The van der Waals surface area contributed by atoms with E-state index < -0.39 is 10.0 Å². The van der Waals surface area contributed by atoms with Crippen LogP contribution in [0.2, 0.25) is 0 Å². The summed E-state index contributed by atoms with van der Waals surface area (Å²) in [7, 11) is -0.00386. The highest BCUT2D eigenvalue weighted by Gasteiger charge is 2.31. The van der Waals surface area contributed by atoms with Crippen molar-refractivity contribution in [1.29, 1.82) is 0 Å². The maximum atomic E-state index is 13.8. The topological polar surface area (TPSA) is 143 Å². The Bertz CT molecular complexity index is 1670. The van der Waals surface area contributed by atoms with E-state index in [-0.39, 0.29) is 28.2 Å². The van der Waals surface area contributed by atoms with E-state index in [0.717, 1.165) is 44.8 Å². The van der Waals surface area contributed by atoms with Crippen molar-refractivity contribution in [3.8, 4) is 17.1 Å². The summed E-state index contributed by atoms with van der Waals surface area (Å²) >= 11 is 0. The SMILES string of the molecule is CCCc1nn(C)c2c(=O)[nH]c(-c3cc(S(=O)(=O)N4CCC(CCC(=O)OCCN5CCN(C)CC5)CC4)ccc3OCC)nc12. The third-order valence-electron chi connectivity index (χ3n) is 8.99. The monoisotopic (exact) mass is 657 g/mol. The molecule has 3 aromatic rings. The predicted molar refractivity (Wildman–Crippen MR) is 175 cm³/mol. The number of carbonyl (C=O) groups excluding carboxylic acids is 1. The summed E-state index contributed by atoms with van der Waals surface area (Å²) in [6.07, 6.45) is 3.87. The Kier molecular flexibility index (Phi) is 11.1. The Balaban J connectivity index is 1.22. The molecular weight excluding hydrogens is 610 g/mol. The van der Waals surface area contributed by atoms with Gasteiger partial charge in [-0.25, -0.2) is 13.4 Å². The lowest BCUT2D eigenvalue weighted by molar-refractivity contribution is -0.144. The number of rotatable bonds is 13. The molecule has 46 heavy (non-hydrogen) atoms. The Labute approximate surface area is 270 Å². The van der Waals surface area contributed by atoms with Gasteiger partial charge in [0.05, 0.1) is 22.8 Å². The van der Waals surface area contributed by atoms with Gasteiger partial charge in [-0.15, -0.1) is 0 Å². The first kappa shape index (κ1) is 34.0. The molecule has 1 N–H and O–H groups in total. The van der Waals surface area contributed by atoms with Gasteiger partial charge in [-0.1, -0.05) is 13.3 Å². The number of piperidine rings is 1. The van der Waals surface area contributed by atoms with E-state index in [4.69, 9.17) is 14.5 Å². The lowest BCUT2D eigenvalue weighted by Gasteiger charge is -2.32. The zero-order valence-corrected chi connectivity index (χ0v) is 28.3. The van der Waals surface area contributed by atoms with Crippen LogP contribution in [0.5, 0.6) is 5.75 Å². The van der Waals surface area contributed by atoms with Crippen molar-refractivity contribution >= 4 is 27.0 Å². The van der Waals surface area contributed by atoms with Gasteiger partial charge in [0, 0.05) is 59.3 Å². The Morgan fingerprint density at radius 3 is 2.50 bits per heavy atom. The molecule has 2 fully saturated rings. The van der Waals surface area contributed by atoms with Gasteiger partial charge in [0.15, 0.2) is 5.52 Å². The molecule has 0 radical (unpaired) electrons. The Morgan fingerprint density at radius 2 is 1.80 bits per heavy atom. The number of H-pyrrole nitrogens is 1. The molecule has 1 aromatic carbocycles. The van der Waals surface area contributed by atoms with Gasteiger partial charge in [0.2, 0.25) is 10.0 Å². The summed E-state index contributed by atoms with van der Waals surface area (Å²) in [6.45, 7) is 10.2. The third kappa shape index (κ3) is 7.79. The molecule has 5 rings (SSSR count). The average Bonchev–Trinajstić information content (AvgIpc) is 3.36. The first-order valence-corrected chi connectivity index (χ1v) is 17.8. The maximum Gasteiger partial charge on any atom is 0.305 e. The van der Waals surface area contributed by atoms with E-state index in [1.807, 2.05) is 13.8 Å². The van der Waals surface area contributed by atoms with E-state index in [1.165, 1.54) is 21.1 Å². The number of aromatic nitrogens is 4. The van der Waals surface area contributed by atoms with Crippen LogP contribution in [0.4, 0.5) is 0 Å². The van der Waals surface area contributed by atoms with Crippen LogP contribution in [0, 0.1) is 5.92 Å². The summed E-state index contributed by atoms with van der Waals surface area (Å²) in [5.74, 6) is 0.728. The first-order chi connectivity index (χ1) is 22.1. The number of nitrogens with zero attached hydrogens (tertiary/aromatic N) is 6. The minimum absolute atomic E-state index is 0.107. The van der Waals surface area contributed by atoms with Crippen LogP contribution < -0.4 is 10.3 Å². The quantitative estimate of drug-likeness (QED) is 0.273. The van der Waals surface area contributed by atoms with Crippen LogP contribution >= 0.6 is 0 Å². The second-order valence-electron chi connectivity index (χ2n) is 12.3. The molecule has 0 bridgehead atoms. The number of benzene rings is 1. The van der Waals surface area contributed by atoms with Gasteiger partial charge < -0.3 is 19.4 Å². The zero-order valence-electron chi connectivity index (χ0n) is 27.5. The summed E-state index contributed by atoms with van der Waals surface area (Å²) in [6, 6.07) is 4.69. The van der Waals surface area contributed by atoms with E-state index in [2.05, 4.69) is 26.9 Å². The smallest absolute Gasteiger partial charge is 0.305 e. The molecular formula is C32H47N7O6S. The molecule has 252 valence electrons. The third-order valence-corrected chi connectivity index (χ3v) is 10.9. The molecule has 0 atom stereocenters. The second kappa shape index (κ2) is 15.1. The lowest BCUT2D eigenvalue weighted by atomic mass is 9.93.